The van der Waals surface area contributed by atoms with E-state index in [-0.39, 0.29) is 6.79 Å². The van der Waals surface area contributed by atoms with E-state index >= 15 is 0 Å². The quantitative estimate of drug-likeness (QED) is 0.762. The van der Waals surface area contributed by atoms with Gasteiger partial charge in [0.05, 0.1) is 5.69 Å². The van der Waals surface area contributed by atoms with Crippen molar-refractivity contribution in [2.24, 2.45) is 0 Å². The van der Waals surface area contributed by atoms with Crippen molar-refractivity contribution >= 4 is 5.82 Å². The first kappa shape index (κ1) is 9.08. The molecule has 0 spiro atoms. The van der Waals surface area contributed by atoms with E-state index in [1.54, 1.807) is 6.07 Å². The average Bonchev–Trinajstić information content (AvgIpc) is 2.84. The summed E-state index contributed by atoms with van der Waals surface area (Å²) in [6.45, 7) is 2.26. The van der Waals surface area contributed by atoms with Crippen LogP contribution in [-0.4, -0.2) is 17.0 Å². The van der Waals surface area contributed by atoms with Crippen LogP contribution < -0.4 is 15.2 Å². The highest BCUT2D eigenvalue weighted by molar-refractivity contribution is 5.74. The Labute approximate surface area is 92.2 Å². The first-order valence-corrected chi connectivity index (χ1v) is 4.95. The normalized spacial score (nSPS) is 13.1. The van der Waals surface area contributed by atoms with Crippen LogP contribution in [0.3, 0.4) is 0 Å². The molecular weight excluding hydrogens is 206 g/mol. The highest BCUT2D eigenvalue weighted by Gasteiger charge is 2.20. The van der Waals surface area contributed by atoms with Gasteiger partial charge in [-0.1, -0.05) is 0 Å². The Hall–Kier alpha value is -2.17. The number of nitrogens with two attached hydrogens (primary N) is 1. The first-order valence-electron chi connectivity index (χ1n) is 4.95. The van der Waals surface area contributed by atoms with Crippen molar-refractivity contribution in [3.63, 3.8) is 0 Å². The molecule has 1 aliphatic heterocycles. The van der Waals surface area contributed by atoms with Crippen LogP contribution in [0.15, 0.2) is 18.2 Å². The Bertz CT molecular complexity index is 548. The molecule has 0 bridgehead atoms. The number of aromatic amines is 1. The molecule has 0 saturated carbocycles. The van der Waals surface area contributed by atoms with E-state index in [0.29, 0.717) is 5.82 Å². The molecule has 1 aromatic carbocycles. The van der Waals surface area contributed by atoms with E-state index in [4.69, 9.17) is 15.2 Å². The summed E-state index contributed by atoms with van der Waals surface area (Å²) >= 11 is 0. The number of fused-ring (bicyclic) bond motifs is 1. The molecule has 0 aliphatic carbocycles. The van der Waals surface area contributed by atoms with Crippen molar-refractivity contribution in [2.75, 3.05) is 12.5 Å². The second kappa shape index (κ2) is 3.16. The van der Waals surface area contributed by atoms with Gasteiger partial charge >= 0.3 is 0 Å². The number of benzene rings is 1. The van der Waals surface area contributed by atoms with Gasteiger partial charge in [0.1, 0.15) is 5.82 Å². The molecule has 5 nitrogen and oxygen atoms in total. The average molecular weight is 217 g/mol. The second-order valence-electron chi connectivity index (χ2n) is 3.75. The SMILES string of the molecule is Cc1cc2c(c(-c3cc(N)n[nH]3)c1)OCO2. The minimum atomic E-state index is 0.259. The molecule has 1 aliphatic rings. The zero-order chi connectivity index (χ0) is 11.1. The molecule has 5 heteroatoms. The van der Waals surface area contributed by atoms with E-state index in [1.165, 1.54) is 0 Å². The first-order chi connectivity index (χ1) is 7.74. The minimum Gasteiger partial charge on any atom is -0.454 e. The lowest BCUT2D eigenvalue weighted by Crippen LogP contribution is -1.93. The van der Waals surface area contributed by atoms with Crippen molar-refractivity contribution < 1.29 is 9.47 Å². The molecule has 82 valence electrons. The lowest BCUT2D eigenvalue weighted by atomic mass is 10.1. The Morgan fingerprint density at radius 1 is 1.31 bits per heavy atom. The third kappa shape index (κ3) is 1.29. The van der Waals surface area contributed by atoms with Gasteiger partial charge < -0.3 is 15.2 Å². The zero-order valence-electron chi connectivity index (χ0n) is 8.78. The fraction of sp³-hybridized carbons (Fsp3) is 0.182. The van der Waals surface area contributed by atoms with Crippen LogP contribution in [0.2, 0.25) is 0 Å². The number of aromatic nitrogens is 2. The van der Waals surface area contributed by atoms with Gasteiger partial charge in [0.2, 0.25) is 6.79 Å². The van der Waals surface area contributed by atoms with Gasteiger partial charge in [0.25, 0.3) is 0 Å². The van der Waals surface area contributed by atoms with Gasteiger partial charge in [-0.25, -0.2) is 0 Å². The summed E-state index contributed by atoms with van der Waals surface area (Å²) in [5.74, 6) is 1.97. The summed E-state index contributed by atoms with van der Waals surface area (Å²) in [4.78, 5) is 0. The molecular formula is C11H11N3O2. The molecule has 1 aromatic heterocycles. The predicted molar refractivity (Wildman–Crippen MR) is 59.3 cm³/mol. The molecule has 0 saturated heterocycles. The van der Waals surface area contributed by atoms with Crippen molar-refractivity contribution in [3.05, 3.63) is 23.8 Å². The monoisotopic (exact) mass is 217 g/mol. The van der Waals surface area contributed by atoms with Crippen molar-refractivity contribution in [3.8, 4) is 22.8 Å². The Kier molecular flexibility index (Phi) is 1.80. The maximum Gasteiger partial charge on any atom is 0.231 e. The van der Waals surface area contributed by atoms with E-state index in [0.717, 1.165) is 28.3 Å². The van der Waals surface area contributed by atoms with Crippen LogP contribution in [0.1, 0.15) is 5.56 Å². The third-order valence-electron chi connectivity index (χ3n) is 2.50. The summed E-state index contributed by atoms with van der Waals surface area (Å²) in [5, 5.41) is 6.77. The number of nitrogen functional groups attached to an aromatic ring is 1. The molecule has 3 N–H and O–H groups in total. The fourth-order valence-electron chi connectivity index (χ4n) is 1.82. The number of ether oxygens (including phenoxy) is 2. The molecule has 16 heavy (non-hydrogen) atoms. The van der Waals surface area contributed by atoms with E-state index < -0.39 is 0 Å². The van der Waals surface area contributed by atoms with Gasteiger partial charge in [-0.3, -0.25) is 5.10 Å². The minimum absolute atomic E-state index is 0.259. The maximum absolute atomic E-state index is 5.58. The van der Waals surface area contributed by atoms with Gasteiger partial charge in [-0.05, 0) is 24.6 Å². The highest BCUT2D eigenvalue weighted by Crippen LogP contribution is 2.41. The molecule has 0 atom stereocenters. The van der Waals surface area contributed by atoms with Crippen LogP contribution in [0.25, 0.3) is 11.3 Å². The van der Waals surface area contributed by atoms with E-state index in [9.17, 15) is 0 Å². The molecule has 0 unspecified atom stereocenters. The van der Waals surface area contributed by atoms with Crippen LogP contribution in [-0.2, 0) is 0 Å². The number of hydrogen-bond donors (Lipinski definition) is 2. The largest absolute Gasteiger partial charge is 0.454 e. The molecule has 0 amide bonds. The Morgan fingerprint density at radius 2 is 2.19 bits per heavy atom. The lowest BCUT2D eigenvalue weighted by Gasteiger charge is -2.04. The summed E-state index contributed by atoms with van der Waals surface area (Å²) in [5.41, 5.74) is 8.45. The van der Waals surface area contributed by atoms with Gasteiger partial charge in [-0.15, -0.1) is 0 Å². The number of nitrogens with zero attached hydrogens (tertiary/aromatic N) is 1. The maximum atomic E-state index is 5.58. The number of rotatable bonds is 1. The molecule has 0 fully saturated rings. The molecule has 2 aromatic rings. The lowest BCUT2D eigenvalue weighted by molar-refractivity contribution is 0.174. The van der Waals surface area contributed by atoms with Crippen molar-refractivity contribution in [2.45, 2.75) is 6.92 Å². The van der Waals surface area contributed by atoms with Gasteiger partial charge in [0.15, 0.2) is 11.5 Å². The number of aryl methyl sites for hydroxylation is 1. The summed E-state index contributed by atoms with van der Waals surface area (Å²) in [7, 11) is 0. The van der Waals surface area contributed by atoms with E-state index in [1.807, 2.05) is 19.1 Å². The second-order valence-corrected chi connectivity index (χ2v) is 3.75. The van der Waals surface area contributed by atoms with Crippen LogP contribution >= 0.6 is 0 Å². The van der Waals surface area contributed by atoms with Crippen LogP contribution in [0.4, 0.5) is 5.82 Å². The summed E-state index contributed by atoms with van der Waals surface area (Å²) in [6, 6.07) is 5.74. The Balaban J connectivity index is 2.20. The van der Waals surface area contributed by atoms with E-state index in [2.05, 4.69) is 10.2 Å². The zero-order valence-corrected chi connectivity index (χ0v) is 8.78. The predicted octanol–water partition coefficient (Wildman–Crippen LogP) is 1.70. The number of anilines is 1. The van der Waals surface area contributed by atoms with Gasteiger partial charge in [0, 0.05) is 11.6 Å². The fourth-order valence-corrected chi connectivity index (χ4v) is 1.82. The Morgan fingerprint density at radius 3 is 2.94 bits per heavy atom. The smallest absolute Gasteiger partial charge is 0.231 e. The summed E-state index contributed by atoms with van der Waals surface area (Å²) < 4.78 is 10.8. The highest BCUT2D eigenvalue weighted by atomic mass is 16.7. The standard InChI is InChI=1S/C11H11N3O2/c1-6-2-7(8-4-10(12)14-13-8)11-9(3-6)15-5-16-11/h2-4H,5H2,1H3,(H3,12,13,14). The van der Waals surface area contributed by atoms with Crippen LogP contribution in [0.5, 0.6) is 11.5 Å². The van der Waals surface area contributed by atoms with Crippen LogP contribution in [0, 0.1) is 6.92 Å². The summed E-state index contributed by atoms with van der Waals surface area (Å²) in [6.07, 6.45) is 0. The van der Waals surface area contributed by atoms with Crippen molar-refractivity contribution in [1.82, 2.24) is 10.2 Å². The number of H-pyrrole nitrogens is 1. The van der Waals surface area contributed by atoms with Gasteiger partial charge in [-0.2, -0.15) is 5.10 Å². The third-order valence-corrected chi connectivity index (χ3v) is 2.50. The number of hydrogen-bond acceptors (Lipinski definition) is 4. The molecule has 0 radical (unpaired) electrons. The molecule has 3 rings (SSSR count). The van der Waals surface area contributed by atoms with Crippen molar-refractivity contribution in [1.29, 1.82) is 0 Å². The number of nitrogens with one attached hydrogen (secondary N) is 1. The topological polar surface area (TPSA) is 73.2 Å². The molecule has 2 heterocycles.